The quantitative estimate of drug-likeness (QED) is 0.745. The summed E-state index contributed by atoms with van der Waals surface area (Å²) in [6, 6.07) is 2.07. The lowest BCUT2D eigenvalue weighted by atomic mass is 10.4. The molecule has 0 spiro atoms. The summed E-state index contributed by atoms with van der Waals surface area (Å²) in [7, 11) is 0. The number of hydrogen-bond donors (Lipinski definition) is 0. The first-order valence-corrected chi connectivity index (χ1v) is 5.65. The highest BCUT2D eigenvalue weighted by Crippen LogP contribution is 2.28. The smallest absolute Gasteiger partial charge is 0.187 e. The van der Waals surface area contributed by atoms with Crippen molar-refractivity contribution in [3.05, 3.63) is 10.0 Å². The van der Waals surface area contributed by atoms with Crippen molar-refractivity contribution in [1.29, 1.82) is 5.26 Å². The SMILES string of the molecule is CCN(CCC#N)c1nc(Cl)c(C=O)s1. The van der Waals surface area contributed by atoms with Crippen LogP contribution in [0.2, 0.25) is 5.15 Å². The molecule has 0 aliphatic rings. The van der Waals surface area contributed by atoms with E-state index in [2.05, 4.69) is 11.1 Å². The second kappa shape index (κ2) is 5.69. The largest absolute Gasteiger partial charge is 0.347 e. The molecule has 1 aromatic heterocycles. The van der Waals surface area contributed by atoms with Crippen LogP contribution in [-0.4, -0.2) is 24.4 Å². The number of halogens is 1. The van der Waals surface area contributed by atoms with Crippen LogP contribution in [0.15, 0.2) is 0 Å². The van der Waals surface area contributed by atoms with Gasteiger partial charge in [-0.15, -0.1) is 0 Å². The van der Waals surface area contributed by atoms with E-state index in [0.29, 0.717) is 29.3 Å². The minimum atomic E-state index is 0.236. The summed E-state index contributed by atoms with van der Waals surface area (Å²) in [5, 5.41) is 9.42. The number of thiazole rings is 1. The first-order chi connectivity index (χ1) is 7.22. The fourth-order valence-corrected chi connectivity index (χ4v) is 2.24. The fourth-order valence-electron chi connectivity index (χ4n) is 1.08. The first kappa shape index (κ1) is 12.0. The Morgan fingerprint density at radius 1 is 1.73 bits per heavy atom. The number of nitrogens with zero attached hydrogens (tertiary/aromatic N) is 3. The third kappa shape index (κ3) is 2.91. The molecule has 0 saturated heterocycles. The standard InChI is InChI=1S/C9H10ClN3OS/c1-2-13(5-3-4-11)9-12-8(10)7(6-14)15-9/h6H,2-3,5H2,1H3. The van der Waals surface area contributed by atoms with E-state index in [1.165, 1.54) is 11.3 Å². The van der Waals surface area contributed by atoms with Crippen LogP contribution >= 0.6 is 22.9 Å². The predicted octanol–water partition coefficient (Wildman–Crippen LogP) is 2.35. The second-order valence-electron chi connectivity index (χ2n) is 2.76. The molecule has 0 radical (unpaired) electrons. The fraction of sp³-hybridized carbons (Fsp3) is 0.444. The van der Waals surface area contributed by atoms with E-state index in [4.69, 9.17) is 16.9 Å². The number of nitriles is 1. The average Bonchev–Trinajstić information content (AvgIpc) is 2.61. The molecule has 0 amide bonds. The van der Waals surface area contributed by atoms with E-state index in [1.54, 1.807) is 0 Å². The third-order valence-corrected chi connectivity index (χ3v) is 3.29. The molecule has 0 aliphatic heterocycles. The predicted molar refractivity (Wildman–Crippen MR) is 60.6 cm³/mol. The molecule has 15 heavy (non-hydrogen) atoms. The molecule has 0 N–H and O–H groups in total. The van der Waals surface area contributed by atoms with Crippen LogP contribution in [0, 0.1) is 11.3 Å². The maximum Gasteiger partial charge on any atom is 0.187 e. The van der Waals surface area contributed by atoms with E-state index in [1.807, 2.05) is 11.8 Å². The van der Waals surface area contributed by atoms with Crippen molar-refractivity contribution >= 4 is 34.4 Å². The third-order valence-electron chi connectivity index (χ3n) is 1.85. The highest BCUT2D eigenvalue weighted by Gasteiger charge is 2.13. The summed E-state index contributed by atoms with van der Waals surface area (Å²) in [6.45, 7) is 3.31. The number of aldehydes is 1. The number of hydrogen-bond acceptors (Lipinski definition) is 5. The van der Waals surface area contributed by atoms with Gasteiger partial charge < -0.3 is 4.90 Å². The molecule has 1 rings (SSSR count). The van der Waals surface area contributed by atoms with Crippen molar-refractivity contribution in [3.63, 3.8) is 0 Å². The lowest BCUT2D eigenvalue weighted by Gasteiger charge is -2.17. The Hall–Kier alpha value is -1.12. The molecular weight excluding hydrogens is 234 g/mol. The normalized spacial score (nSPS) is 9.67. The number of aromatic nitrogens is 1. The molecule has 0 unspecified atom stereocenters. The van der Waals surface area contributed by atoms with E-state index in [9.17, 15) is 4.79 Å². The Labute approximate surface area is 97.1 Å². The van der Waals surface area contributed by atoms with Crippen LogP contribution in [0.3, 0.4) is 0 Å². The molecular formula is C9H10ClN3OS. The topological polar surface area (TPSA) is 57.0 Å². The Balaban J connectivity index is 2.83. The average molecular weight is 244 g/mol. The van der Waals surface area contributed by atoms with Gasteiger partial charge in [0, 0.05) is 13.1 Å². The van der Waals surface area contributed by atoms with Crippen molar-refractivity contribution in [2.75, 3.05) is 18.0 Å². The molecule has 4 nitrogen and oxygen atoms in total. The molecule has 0 aromatic carbocycles. The Kier molecular flexibility index (Phi) is 4.53. The summed E-state index contributed by atoms with van der Waals surface area (Å²) in [6.07, 6.45) is 1.13. The Bertz CT molecular complexity index is 385. The van der Waals surface area contributed by atoms with Gasteiger partial charge in [0.05, 0.1) is 12.5 Å². The van der Waals surface area contributed by atoms with E-state index >= 15 is 0 Å². The molecule has 0 saturated carbocycles. The van der Waals surface area contributed by atoms with Crippen LogP contribution in [0.25, 0.3) is 0 Å². The van der Waals surface area contributed by atoms with Gasteiger partial charge in [0.1, 0.15) is 4.88 Å². The number of carbonyl (C=O) groups excluding carboxylic acids is 1. The van der Waals surface area contributed by atoms with Crippen LogP contribution in [0.1, 0.15) is 23.0 Å². The van der Waals surface area contributed by atoms with Crippen molar-refractivity contribution in [2.45, 2.75) is 13.3 Å². The van der Waals surface area contributed by atoms with Crippen LogP contribution in [-0.2, 0) is 0 Å². The summed E-state index contributed by atoms with van der Waals surface area (Å²) >= 11 is 7.00. The summed E-state index contributed by atoms with van der Waals surface area (Å²) in [4.78, 5) is 17.0. The van der Waals surface area contributed by atoms with Gasteiger partial charge in [-0.05, 0) is 6.92 Å². The number of rotatable bonds is 5. The highest BCUT2D eigenvalue weighted by molar-refractivity contribution is 7.17. The monoisotopic (exact) mass is 243 g/mol. The van der Waals surface area contributed by atoms with E-state index in [0.717, 1.165) is 6.54 Å². The Morgan fingerprint density at radius 3 is 2.93 bits per heavy atom. The van der Waals surface area contributed by atoms with Gasteiger partial charge in [-0.1, -0.05) is 22.9 Å². The van der Waals surface area contributed by atoms with Crippen LogP contribution in [0.5, 0.6) is 0 Å². The molecule has 0 fully saturated rings. The van der Waals surface area contributed by atoms with Crippen LogP contribution < -0.4 is 4.90 Å². The van der Waals surface area contributed by atoms with Gasteiger partial charge in [0.15, 0.2) is 16.6 Å². The van der Waals surface area contributed by atoms with E-state index < -0.39 is 0 Å². The number of anilines is 1. The van der Waals surface area contributed by atoms with Gasteiger partial charge in [-0.3, -0.25) is 4.79 Å². The summed E-state index contributed by atoms with van der Waals surface area (Å²) < 4.78 is 0. The van der Waals surface area contributed by atoms with Crippen molar-refractivity contribution in [3.8, 4) is 6.07 Å². The molecule has 0 atom stereocenters. The maximum absolute atomic E-state index is 10.6. The van der Waals surface area contributed by atoms with Gasteiger partial charge in [-0.2, -0.15) is 5.26 Å². The number of carbonyl (C=O) groups is 1. The Morgan fingerprint density at radius 2 is 2.47 bits per heavy atom. The molecule has 6 heteroatoms. The second-order valence-corrected chi connectivity index (χ2v) is 4.12. The first-order valence-electron chi connectivity index (χ1n) is 4.46. The lowest BCUT2D eigenvalue weighted by Crippen LogP contribution is -2.23. The van der Waals surface area contributed by atoms with Crippen molar-refractivity contribution in [2.24, 2.45) is 0 Å². The molecule has 80 valence electrons. The summed E-state index contributed by atoms with van der Waals surface area (Å²) in [5.74, 6) is 0. The maximum atomic E-state index is 10.6. The van der Waals surface area contributed by atoms with Crippen LogP contribution in [0.4, 0.5) is 5.13 Å². The molecule has 0 bridgehead atoms. The highest BCUT2D eigenvalue weighted by atomic mass is 35.5. The molecule has 0 aliphatic carbocycles. The van der Waals surface area contributed by atoms with E-state index in [-0.39, 0.29) is 5.15 Å². The minimum Gasteiger partial charge on any atom is -0.347 e. The zero-order valence-corrected chi connectivity index (χ0v) is 9.81. The van der Waals surface area contributed by atoms with Gasteiger partial charge >= 0.3 is 0 Å². The lowest BCUT2D eigenvalue weighted by molar-refractivity contribution is 0.112. The van der Waals surface area contributed by atoms with Crippen molar-refractivity contribution in [1.82, 2.24) is 4.98 Å². The zero-order chi connectivity index (χ0) is 11.3. The molecule has 1 heterocycles. The van der Waals surface area contributed by atoms with Gasteiger partial charge in [0.2, 0.25) is 0 Å². The van der Waals surface area contributed by atoms with Gasteiger partial charge in [0.25, 0.3) is 0 Å². The zero-order valence-electron chi connectivity index (χ0n) is 8.23. The molecule has 1 aromatic rings. The summed E-state index contributed by atoms with van der Waals surface area (Å²) in [5.41, 5.74) is 0. The van der Waals surface area contributed by atoms with Crippen molar-refractivity contribution < 1.29 is 4.79 Å². The minimum absolute atomic E-state index is 0.236. The van der Waals surface area contributed by atoms with Gasteiger partial charge in [-0.25, -0.2) is 4.98 Å².